The fraction of sp³-hybridized carbons (Fsp3) is 0.889. The van der Waals surface area contributed by atoms with Crippen LogP contribution in [-0.2, 0) is 9.22 Å². The van der Waals surface area contributed by atoms with Crippen LogP contribution in [0.2, 0.25) is 19.1 Å². The summed E-state index contributed by atoms with van der Waals surface area (Å²) in [5.41, 5.74) is 0. The third-order valence-electron chi connectivity index (χ3n) is 1.55. The smallest absolute Gasteiger partial charge is 0.231 e. The SMILES string of the molecule is CCCO[Si](C)(C)CCC.N=C=O. The molecule has 0 saturated carbocycles. The van der Waals surface area contributed by atoms with Crippen molar-refractivity contribution in [3.8, 4) is 0 Å². The van der Waals surface area contributed by atoms with Crippen LogP contribution in [0.1, 0.15) is 26.7 Å². The van der Waals surface area contributed by atoms with Gasteiger partial charge in [0.15, 0.2) is 8.32 Å². The summed E-state index contributed by atoms with van der Waals surface area (Å²) in [6.45, 7) is 9.94. The standard InChI is InChI=1S/C8H20OSi.CHNO/c1-5-7-9-10(3,4)8-6-2;2-1-3/h5-8H2,1-4H3;2H. The number of hydrogen-bond donors (Lipinski definition) is 1. The Morgan fingerprint density at radius 3 is 2.08 bits per heavy atom. The molecule has 0 aliphatic heterocycles. The van der Waals surface area contributed by atoms with Crippen molar-refractivity contribution >= 4 is 14.4 Å². The second-order valence-electron chi connectivity index (χ2n) is 3.46. The van der Waals surface area contributed by atoms with Gasteiger partial charge in [0, 0.05) is 6.61 Å². The summed E-state index contributed by atoms with van der Waals surface area (Å²) >= 11 is 0. The summed E-state index contributed by atoms with van der Waals surface area (Å²) in [5.74, 6) is 0. The molecule has 0 aliphatic carbocycles. The Morgan fingerprint density at radius 2 is 1.77 bits per heavy atom. The zero-order chi connectivity index (χ0) is 10.7. The van der Waals surface area contributed by atoms with Crippen LogP contribution in [0.5, 0.6) is 0 Å². The van der Waals surface area contributed by atoms with Crippen molar-refractivity contribution in [2.75, 3.05) is 6.61 Å². The predicted octanol–water partition coefficient (Wildman–Crippen LogP) is 2.93. The van der Waals surface area contributed by atoms with E-state index in [4.69, 9.17) is 14.6 Å². The van der Waals surface area contributed by atoms with Crippen LogP contribution in [-0.4, -0.2) is 21.0 Å². The molecule has 0 unspecified atom stereocenters. The fourth-order valence-electron chi connectivity index (χ4n) is 1.05. The lowest BCUT2D eigenvalue weighted by atomic mass is 10.5. The summed E-state index contributed by atoms with van der Waals surface area (Å²) in [7, 11) is -1.22. The molecule has 0 radical (unpaired) electrons. The van der Waals surface area contributed by atoms with Gasteiger partial charge in [-0.3, -0.25) is 0 Å². The lowest BCUT2D eigenvalue weighted by molar-refractivity contribution is 0.306. The van der Waals surface area contributed by atoms with Gasteiger partial charge in [-0.2, -0.15) is 0 Å². The molecule has 1 N–H and O–H groups in total. The van der Waals surface area contributed by atoms with E-state index >= 15 is 0 Å². The molecular formula is C9H21NO2Si. The van der Waals surface area contributed by atoms with Crippen molar-refractivity contribution in [1.82, 2.24) is 0 Å². The van der Waals surface area contributed by atoms with E-state index in [1.54, 1.807) is 0 Å². The number of hydrogen-bond acceptors (Lipinski definition) is 3. The Balaban J connectivity index is 0. The van der Waals surface area contributed by atoms with E-state index < -0.39 is 8.32 Å². The minimum Gasteiger partial charge on any atom is -0.417 e. The monoisotopic (exact) mass is 203 g/mol. The Morgan fingerprint density at radius 1 is 1.31 bits per heavy atom. The van der Waals surface area contributed by atoms with Crippen LogP contribution in [0, 0.1) is 5.41 Å². The zero-order valence-corrected chi connectivity index (χ0v) is 10.1. The molecule has 0 aromatic carbocycles. The third-order valence-corrected chi connectivity index (χ3v) is 4.24. The Kier molecular flexibility index (Phi) is 11.2. The molecule has 0 atom stereocenters. The van der Waals surface area contributed by atoms with Crippen molar-refractivity contribution in [2.24, 2.45) is 0 Å². The maximum Gasteiger partial charge on any atom is 0.231 e. The predicted molar refractivity (Wildman–Crippen MR) is 57.2 cm³/mol. The van der Waals surface area contributed by atoms with Crippen molar-refractivity contribution in [3.63, 3.8) is 0 Å². The van der Waals surface area contributed by atoms with E-state index in [9.17, 15) is 0 Å². The van der Waals surface area contributed by atoms with Crippen LogP contribution in [0.3, 0.4) is 0 Å². The summed E-state index contributed by atoms with van der Waals surface area (Å²) in [4.78, 5) is 8.35. The van der Waals surface area contributed by atoms with Gasteiger partial charge in [-0.25, -0.2) is 10.2 Å². The third kappa shape index (κ3) is 14.4. The highest BCUT2D eigenvalue weighted by atomic mass is 28.4. The lowest BCUT2D eigenvalue weighted by Gasteiger charge is -2.21. The molecule has 0 saturated heterocycles. The van der Waals surface area contributed by atoms with Gasteiger partial charge in [-0.1, -0.05) is 20.3 Å². The van der Waals surface area contributed by atoms with Crippen molar-refractivity contribution < 1.29 is 9.22 Å². The summed E-state index contributed by atoms with van der Waals surface area (Å²) < 4.78 is 5.76. The first-order valence-electron chi connectivity index (χ1n) is 4.71. The quantitative estimate of drug-likeness (QED) is 0.424. The minimum absolute atomic E-state index is 0.750. The molecule has 0 rings (SSSR count). The van der Waals surface area contributed by atoms with Crippen LogP contribution in [0.4, 0.5) is 0 Å². The Bertz CT molecular complexity index is 143. The molecule has 0 spiro atoms. The van der Waals surface area contributed by atoms with Gasteiger partial charge in [-0.15, -0.1) is 0 Å². The van der Waals surface area contributed by atoms with E-state index in [1.165, 1.54) is 12.5 Å². The molecule has 0 bridgehead atoms. The molecule has 3 nitrogen and oxygen atoms in total. The Hall–Kier alpha value is -0.443. The van der Waals surface area contributed by atoms with Gasteiger partial charge >= 0.3 is 0 Å². The Labute approximate surface area is 82.1 Å². The topological polar surface area (TPSA) is 50.1 Å². The second kappa shape index (κ2) is 9.64. The van der Waals surface area contributed by atoms with Crippen LogP contribution in [0.25, 0.3) is 0 Å². The summed E-state index contributed by atoms with van der Waals surface area (Å²) in [5, 5.41) is 5.40. The van der Waals surface area contributed by atoms with Gasteiger partial charge in [0.2, 0.25) is 6.08 Å². The molecule has 13 heavy (non-hydrogen) atoms. The average Bonchev–Trinajstić information content (AvgIpc) is 2.02. The maximum atomic E-state index is 8.35. The lowest BCUT2D eigenvalue weighted by Crippen LogP contribution is -2.30. The van der Waals surface area contributed by atoms with Crippen LogP contribution < -0.4 is 0 Å². The van der Waals surface area contributed by atoms with E-state index in [-0.39, 0.29) is 0 Å². The van der Waals surface area contributed by atoms with E-state index in [1.807, 2.05) is 0 Å². The molecule has 0 fully saturated rings. The van der Waals surface area contributed by atoms with Gasteiger partial charge in [0.05, 0.1) is 0 Å². The number of carbonyl (C=O) groups excluding carboxylic acids is 1. The molecule has 78 valence electrons. The van der Waals surface area contributed by atoms with Gasteiger partial charge < -0.3 is 4.43 Å². The summed E-state index contributed by atoms with van der Waals surface area (Å²) in [6.07, 6.45) is 3.17. The van der Waals surface area contributed by atoms with Gasteiger partial charge in [-0.05, 0) is 25.6 Å². The molecule has 0 amide bonds. The number of nitrogens with one attached hydrogen (secondary N) is 1. The van der Waals surface area contributed by atoms with Gasteiger partial charge in [0.25, 0.3) is 0 Å². The number of isocyanates is 1. The van der Waals surface area contributed by atoms with E-state index in [0.29, 0.717) is 0 Å². The normalized spacial score (nSPS) is 9.85. The van der Waals surface area contributed by atoms with E-state index in [2.05, 4.69) is 26.9 Å². The largest absolute Gasteiger partial charge is 0.417 e. The molecule has 0 heterocycles. The highest BCUT2D eigenvalue weighted by Gasteiger charge is 2.19. The van der Waals surface area contributed by atoms with E-state index in [0.717, 1.165) is 19.1 Å². The second-order valence-corrected chi connectivity index (χ2v) is 7.77. The maximum absolute atomic E-state index is 8.35. The highest BCUT2D eigenvalue weighted by molar-refractivity contribution is 6.71. The molecule has 0 aromatic rings. The number of rotatable bonds is 5. The zero-order valence-electron chi connectivity index (χ0n) is 9.14. The van der Waals surface area contributed by atoms with Crippen LogP contribution in [0.15, 0.2) is 0 Å². The van der Waals surface area contributed by atoms with Crippen molar-refractivity contribution in [2.45, 2.75) is 45.8 Å². The molecule has 0 aromatic heterocycles. The van der Waals surface area contributed by atoms with Crippen molar-refractivity contribution in [1.29, 1.82) is 5.41 Å². The highest BCUT2D eigenvalue weighted by Crippen LogP contribution is 2.12. The first-order chi connectivity index (χ1) is 6.04. The molecular weight excluding hydrogens is 182 g/mol. The minimum atomic E-state index is -1.22. The van der Waals surface area contributed by atoms with Gasteiger partial charge in [0.1, 0.15) is 0 Å². The van der Waals surface area contributed by atoms with Crippen LogP contribution >= 0.6 is 0 Å². The molecule has 0 aliphatic rings. The fourth-order valence-corrected chi connectivity index (χ4v) is 3.16. The summed E-state index contributed by atoms with van der Waals surface area (Å²) in [6, 6.07) is 1.30. The first-order valence-corrected chi connectivity index (χ1v) is 7.83. The molecule has 4 heteroatoms. The average molecular weight is 203 g/mol. The van der Waals surface area contributed by atoms with Crippen molar-refractivity contribution in [3.05, 3.63) is 0 Å². The first kappa shape index (κ1) is 15.0.